The third kappa shape index (κ3) is 3.53. The number of nitrogens with one attached hydrogen (secondary N) is 1. The molecule has 8 heteroatoms. The number of nitrogens with zero attached hydrogens (tertiary/aromatic N) is 3. The van der Waals surface area contributed by atoms with Gasteiger partial charge in [-0.3, -0.25) is 9.59 Å². The van der Waals surface area contributed by atoms with E-state index in [1.54, 1.807) is 4.90 Å². The molecule has 0 spiro atoms. The monoisotopic (exact) mass is 390 g/mol. The predicted molar refractivity (Wildman–Crippen MR) is 91.8 cm³/mol. The van der Waals surface area contributed by atoms with Gasteiger partial charge in [0.2, 0.25) is 11.8 Å². The van der Waals surface area contributed by atoms with Crippen molar-refractivity contribution in [3.05, 3.63) is 41.1 Å². The molecule has 1 atom stereocenters. The molecule has 0 bridgehead atoms. The molecular weight excluding hydrogens is 376 g/mol. The predicted octanol–water partition coefficient (Wildman–Crippen LogP) is 2.24. The molecule has 0 radical (unpaired) electrons. The minimum absolute atomic E-state index is 0.0702. The average molecular weight is 391 g/mol. The van der Waals surface area contributed by atoms with E-state index < -0.39 is 5.92 Å². The Morgan fingerprint density at radius 1 is 1.38 bits per heavy atom. The van der Waals surface area contributed by atoms with Crippen LogP contribution < -0.4 is 15.0 Å². The van der Waals surface area contributed by atoms with Crippen LogP contribution >= 0.6 is 15.9 Å². The van der Waals surface area contributed by atoms with Crippen LogP contribution in [0.4, 0.5) is 11.4 Å². The number of anilines is 2. The second kappa shape index (κ2) is 6.96. The summed E-state index contributed by atoms with van der Waals surface area (Å²) in [4.78, 5) is 34.1. The van der Waals surface area contributed by atoms with Gasteiger partial charge >= 0.3 is 6.01 Å². The Hall–Kier alpha value is -2.48. The molecule has 2 amide bonds. The van der Waals surface area contributed by atoms with E-state index in [4.69, 9.17) is 4.74 Å². The van der Waals surface area contributed by atoms with Crippen molar-refractivity contribution in [1.82, 2.24) is 9.97 Å². The largest absolute Gasteiger partial charge is 0.467 e. The van der Waals surface area contributed by atoms with E-state index in [2.05, 4.69) is 31.2 Å². The molecule has 0 saturated carbocycles. The maximum Gasteiger partial charge on any atom is 0.316 e. The van der Waals surface area contributed by atoms with Crippen LogP contribution in [-0.4, -0.2) is 35.4 Å². The fraction of sp³-hybridized carbons (Fsp3) is 0.250. The Morgan fingerprint density at radius 2 is 2.12 bits per heavy atom. The van der Waals surface area contributed by atoms with Gasteiger partial charge in [0.05, 0.1) is 31.1 Å². The number of hydrogen-bond acceptors (Lipinski definition) is 5. The first-order valence-electron chi connectivity index (χ1n) is 7.29. The number of carbonyl (C=O) groups excluding carboxylic acids is 2. The van der Waals surface area contributed by atoms with Gasteiger partial charge in [0, 0.05) is 23.1 Å². The van der Waals surface area contributed by atoms with Crippen LogP contribution in [0.3, 0.4) is 0 Å². The van der Waals surface area contributed by atoms with Crippen molar-refractivity contribution < 1.29 is 14.3 Å². The standard InChI is InChI=1S/C16H15BrN4O3/c1-24-16-18-7-12(8-19-16)20-15(23)10-5-14(22)21(9-10)13-4-2-3-11(17)6-13/h2-4,6-8,10H,5,9H2,1H3,(H,20,23). The lowest BCUT2D eigenvalue weighted by Gasteiger charge is -2.17. The Morgan fingerprint density at radius 3 is 2.79 bits per heavy atom. The number of benzene rings is 1. The van der Waals surface area contributed by atoms with Crippen molar-refractivity contribution in [2.75, 3.05) is 23.9 Å². The number of aromatic nitrogens is 2. The average Bonchev–Trinajstić information content (AvgIpc) is 2.97. The van der Waals surface area contributed by atoms with Crippen molar-refractivity contribution in [1.29, 1.82) is 0 Å². The zero-order chi connectivity index (χ0) is 17.1. The Bertz CT molecular complexity index is 766. The summed E-state index contributed by atoms with van der Waals surface area (Å²) in [5, 5.41) is 2.73. The van der Waals surface area contributed by atoms with E-state index in [0.717, 1.165) is 10.2 Å². The first kappa shape index (κ1) is 16.4. The van der Waals surface area contributed by atoms with Gasteiger partial charge in [-0.2, -0.15) is 0 Å². The highest BCUT2D eigenvalue weighted by Gasteiger charge is 2.35. The Kier molecular flexibility index (Phi) is 4.75. The number of hydrogen-bond donors (Lipinski definition) is 1. The number of amides is 2. The van der Waals surface area contributed by atoms with Crippen LogP contribution in [-0.2, 0) is 9.59 Å². The van der Waals surface area contributed by atoms with E-state index in [1.165, 1.54) is 19.5 Å². The van der Waals surface area contributed by atoms with Crippen LogP contribution in [0.2, 0.25) is 0 Å². The Balaban J connectivity index is 1.67. The molecule has 1 aliphatic rings. The van der Waals surface area contributed by atoms with Crippen LogP contribution in [0.1, 0.15) is 6.42 Å². The number of carbonyl (C=O) groups is 2. The zero-order valence-electron chi connectivity index (χ0n) is 12.9. The maximum atomic E-state index is 12.4. The molecule has 2 heterocycles. The fourth-order valence-electron chi connectivity index (χ4n) is 2.51. The van der Waals surface area contributed by atoms with Crippen molar-refractivity contribution in [2.24, 2.45) is 5.92 Å². The number of rotatable bonds is 4. The third-order valence-electron chi connectivity index (χ3n) is 3.69. The fourth-order valence-corrected chi connectivity index (χ4v) is 2.89. The zero-order valence-corrected chi connectivity index (χ0v) is 14.5. The summed E-state index contributed by atoms with van der Waals surface area (Å²) in [6, 6.07) is 7.67. The third-order valence-corrected chi connectivity index (χ3v) is 4.19. The molecule has 1 saturated heterocycles. The number of ether oxygens (including phenoxy) is 1. The van der Waals surface area contributed by atoms with Crippen molar-refractivity contribution >= 4 is 39.1 Å². The number of halogens is 1. The Labute approximate surface area is 147 Å². The quantitative estimate of drug-likeness (QED) is 0.864. The van der Waals surface area contributed by atoms with Gasteiger partial charge in [0.15, 0.2) is 0 Å². The normalized spacial score (nSPS) is 17.0. The summed E-state index contributed by atoms with van der Waals surface area (Å²) < 4.78 is 5.76. The molecule has 1 unspecified atom stereocenters. The number of methoxy groups -OCH3 is 1. The lowest BCUT2D eigenvalue weighted by atomic mass is 10.1. The molecule has 3 rings (SSSR count). The van der Waals surface area contributed by atoms with Crippen molar-refractivity contribution in [3.63, 3.8) is 0 Å². The van der Waals surface area contributed by atoms with Crippen molar-refractivity contribution in [2.45, 2.75) is 6.42 Å². The first-order chi connectivity index (χ1) is 11.6. The smallest absolute Gasteiger partial charge is 0.316 e. The highest BCUT2D eigenvalue weighted by Crippen LogP contribution is 2.27. The molecule has 0 aliphatic carbocycles. The van der Waals surface area contributed by atoms with E-state index >= 15 is 0 Å². The molecule has 1 N–H and O–H groups in total. The maximum absolute atomic E-state index is 12.4. The van der Waals surface area contributed by atoms with Crippen LogP contribution in [0, 0.1) is 5.92 Å². The lowest BCUT2D eigenvalue weighted by Crippen LogP contribution is -2.28. The van der Waals surface area contributed by atoms with E-state index in [1.807, 2.05) is 24.3 Å². The summed E-state index contributed by atoms with van der Waals surface area (Å²) in [7, 11) is 1.47. The van der Waals surface area contributed by atoms with Gasteiger partial charge in [-0.15, -0.1) is 0 Å². The summed E-state index contributed by atoms with van der Waals surface area (Å²) in [5.41, 5.74) is 1.24. The first-order valence-corrected chi connectivity index (χ1v) is 8.09. The molecule has 124 valence electrons. The van der Waals surface area contributed by atoms with Crippen LogP contribution in [0.5, 0.6) is 6.01 Å². The lowest BCUT2D eigenvalue weighted by molar-refractivity contribution is -0.122. The molecule has 24 heavy (non-hydrogen) atoms. The molecular formula is C16H15BrN4O3. The van der Waals surface area contributed by atoms with E-state index in [0.29, 0.717) is 12.2 Å². The van der Waals surface area contributed by atoms with Crippen molar-refractivity contribution in [3.8, 4) is 6.01 Å². The summed E-state index contributed by atoms with van der Waals surface area (Å²) in [5.74, 6) is -0.715. The van der Waals surface area contributed by atoms with Gasteiger partial charge in [-0.1, -0.05) is 22.0 Å². The molecule has 1 aromatic carbocycles. The highest BCUT2D eigenvalue weighted by atomic mass is 79.9. The summed E-state index contributed by atoms with van der Waals surface area (Å²) >= 11 is 3.39. The highest BCUT2D eigenvalue weighted by molar-refractivity contribution is 9.10. The van der Waals surface area contributed by atoms with Gasteiger partial charge in [-0.25, -0.2) is 9.97 Å². The van der Waals surface area contributed by atoms with Crippen LogP contribution in [0.15, 0.2) is 41.1 Å². The second-order valence-electron chi connectivity index (χ2n) is 5.33. The van der Waals surface area contributed by atoms with Crippen LogP contribution in [0.25, 0.3) is 0 Å². The molecule has 1 aliphatic heterocycles. The molecule has 1 aromatic heterocycles. The molecule has 7 nitrogen and oxygen atoms in total. The SMILES string of the molecule is COc1ncc(NC(=O)C2CC(=O)N(c3cccc(Br)c3)C2)cn1. The van der Waals surface area contributed by atoms with E-state index in [9.17, 15) is 9.59 Å². The topological polar surface area (TPSA) is 84.4 Å². The summed E-state index contributed by atoms with van der Waals surface area (Å²) in [6.45, 7) is 0.345. The summed E-state index contributed by atoms with van der Waals surface area (Å²) in [6.07, 6.45) is 3.11. The van der Waals surface area contributed by atoms with Gasteiger partial charge in [0.1, 0.15) is 0 Å². The van der Waals surface area contributed by atoms with E-state index in [-0.39, 0.29) is 24.2 Å². The minimum Gasteiger partial charge on any atom is -0.467 e. The molecule has 1 fully saturated rings. The van der Waals surface area contributed by atoms with Gasteiger partial charge in [-0.05, 0) is 18.2 Å². The van der Waals surface area contributed by atoms with Gasteiger partial charge < -0.3 is 15.0 Å². The second-order valence-corrected chi connectivity index (χ2v) is 6.25. The minimum atomic E-state index is -0.418. The van der Waals surface area contributed by atoms with Gasteiger partial charge in [0.25, 0.3) is 0 Å². The molecule has 2 aromatic rings.